The van der Waals surface area contributed by atoms with Crippen LogP contribution in [-0.4, -0.2) is 86.4 Å². The minimum absolute atomic E-state index is 0.0471. The predicted octanol–water partition coefficient (Wildman–Crippen LogP) is 1.83. The lowest BCUT2D eigenvalue weighted by Crippen LogP contribution is -2.49. The van der Waals surface area contributed by atoms with Crippen LogP contribution in [0.4, 0.5) is 5.69 Å². The number of rotatable bonds is 8. The molecule has 0 aromatic heterocycles. The molecular formula is C21H34N4O2. The fourth-order valence-electron chi connectivity index (χ4n) is 3.43. The molecule has 0 aliphatic carbocycles. The van der Waals surface area contributed by atoms with Crippen LogP contribution in [-0.2, 0) is 9.59 Å². The smallest absolute Gasteiger partial charge is 0.224 e. The molecule has 27 heavy (non-hydrogen) atoms. The molecule has 0 N–H and O–H groups in total. The molecule has 1 heterocycles. The predicted molar refractivity (Wildman–Crippen MR) is 110 cm³/mol. The zero-order valence-electron chi connectivity index (χ0n) is 17.3. The van der Waals surface area contributed by atoms with Crippen molar-refractivity contribution in [3.63, 3.8) is 0 Å². The fraction of sp³-hybridized carbons (Fsp3) is 0.619. The van der Waals surface area contributed by atoms with Crippen molar-refractivity contribution in [2.45, 2.75) is 26.7 Å². The van der Waals surface area contributed by atoms with Gasteiger partial charge in [0.15, 0.2) is 0 Å². The first kappa shape index (κ1) is 21.2. The summed E-state index contributed by atoms with van der Waals surface area (Å²) in [7, 11) is 4.05. The van der Waals surface area contributed by atoms with Crippen molar-refractivity contribution in [3.8, 4) is 0 Å². The fourth-order valence-corrected chi connectivity index (χ4v) is 3.43. The van der Waals surface area contributed by atoms with Gasteiger partial charge in [-0.1, -0.05) is 12.1 Å². The SMILES string of the molecule is CC(=O)N(CCCN(C)C)CCC(=O)N1CCN(c2cccc(C)c2)CC1. The van der Waals surface area contributed by atoms with E-state index >= 15 is 0 Å². The van der Waals surface area contributed by atoms with Crippen LogP contribution in [0.1, 0.15) is 25.3 Å². The van der Waals surface area contributed by atoms with Gasteiger partial charge in [0.2, 0.25) is 11.8 Å². The van der Waals surface area contributed by atoms with E-state index in [0.717, 1.165) is 39.1 Å². The third-order valence-corrected chi connectivity index (χ3v) is 5.07. The van der Waals surface area contributed by atoms with Crippen LogP contribution in [0, 0.1) is 6.92 Å². The van der Waals surface area contributed by atoms with Gasteiger partial charge in [-0.05, 0) is 51.7 Å². The van der Waals surface area contributed by atoms with Crippen molar-refractivity contribution in [2.75, 3.05) is 64.8 Å². The van der Waals surface area contributed by atoms with Gasteiger partial charge in [0.25, 0.3) is 0 Å². The van der Waals surface area contributed by atoms with E-state index in [0.29, 0.717) is 19.5 Å². The number of carbonyl (C=O) groups is 2. The second-order valence-electron chi connectivity index (χ2n) is 7.62. The minimum Gasteiger partial charge on any atom is -0.368 e. The Kier molecular flexibility index (Phi) is 8.10. The number of amides is 2. The molecule has 0 saturated carbocycles. The van der Waals surface area contributed by atoms with E-state index in [1.807, 2.05) is 19.0 Å². The molecule has 0 spiro atoms. The highest BCUT2D eigenvalue weighted by molar-refractivity contribution is 5.78. The summed E-state index contributed by atoms with van der Waals surface area (Å²) in [6, 6.07) is 8.50. The second-order valence-corrected chi connectivity index (χ2v) is 7.62. The minimum atomic E-state index is 0.0471. The van der Waals surface area contributed by atoms with Crippen molar-refractivity contribution in [1.29, 1.82) is 0 Å². The average molecular weight is 375 g/mol. The number of piperazine rings is 1. The van der Waals surface area contributed by atoms with E-state index in [9.17, 15) is 9.59 Å². The van der Waals surface area contributed by atoms with Gasteiger partial charge in [0, 0.05) is 58.3 Å². The van der Waals surface area contributed by atoms with E-state index < -0.39 is 0 Å². The van der Waals surface area contributed by atoms with Gasteiger partial charge in [0.05, 0.1) is 0 Å². The largest absolute Gasteiger partial charge is 0.368 e. The Labute approximate surface area is 163 Å². The molecule has 0 atom stereocenters. The molecule has 1 saturated heterocycles. The summed E-state index contributed by atoms with van der Waals surface area (Å²) in [5.41, 5.74) is 2.48. The summed E-state index contributed by atoms with van der Waals surface area (Å²) >= 11 is 0. The molecule has 6 nitrogen and oxygen atoms in total. The molecule has 2 rings (SSSR count). The first-order valence-electron chi connectivity index (χ1n) is 9.86. The zero-order valence-corrected chi connectivity index (χ0v) is 17.3. The number of benzene rings is 1. The van der Waals surface area contributed by atoms with E-state index in [4.69, 9.17) is 0 Å². The second kappa shape index (κ2) is 10.3. The Morgan fingerprint density at radius 3 is 2.33 bits per heavy atom. The molecule has 1 aliphatic rings. The summed E-state index contributed by atoms with van der Waals surface area (Å²) in [4.78, 5) is 32.6. The topological polar surface area (TPSA) is 47.1 Å². The summed E-state index contributed by atoms with van der Waals surface area (Å²) in [5, 5.41) is 0. The summed E-state index contributed by atoms with van der Waals surface area (Å²) in [6.45, 7) is 9.05. The lowest BCUT2D eigenvalue weighted by Gasteiger charge is -2.36. The van der Waals surface area contributed by atoms with Gasteiger partial charge >= 0.3 is 0 Å². The van der Waals surface area contributed by atoms with Crippen LogP contribution in [0.3, 0.4) is 0 Å². The quantitative estimate of drug-likeness (QED) is 0.697. The van der Waals surface area contributed by atoms with Gasteiger partial charge in [-0.3, -0.25) is 9.59 Å². The monoisotopic (exact) mass is 374 g/mol. The number of anilines is 1. The van der Waals surface area contributed by atoms with Crippen LogP contribution in [0.2, 0.25) is 0 Å². The molecular weight excluding hydrogens is 340 g/mol. The van der Waals surface area contributed by atoms with E-state index in [1.54, 1.807) is 11.8 Å². The van der Waals surface area contributed by atoms with Crippen LogP contribution >= 0.6 is 0 Å². The van der Waals surface area contributed by atoms with Gasteiger partial charge < -0.3 is 19.6 Å². The average Bonchev–Trinajstić information content (AvgIpc) is 2.64. The maximum Gasteiger partial charge on any atom is 0.224 e. The molecule has 0 radical (unpaired) electrons. The molecule has 0 bridgehead atoms. The van der Waals surface area contributed by atoms with E-state index in [1.165, 1.54) is 11.3 Å². The highest BCUT2D eigenvalue weighted by atomic mass is 16.2. The van der Waals surface area contributed by atoms with Crippen molar-refractivity contribution in [2.24, 2.45) is 0 Å². The summed E-state index contributed by atoms with van der Waals surface area (Å²) in [6.07, 6.45) is 1.34. The Hall–Kier alpha value is -2.08. The van der Waals surface area contributed by atoms with Gasteiger partial charge in [-0.15, -0.1) is 0 Å². The Bertz CT molecular complexity index is 624. The standard InChI is InChI=1S/C21H34N4O2/c1-18-7-5-8-20(17-18)24-13-15-25(16-14-24)21(27)9-12-23(19(2)26)11-6-10-22(3)4/h5,7-8,17H,6,9-16H2,1-4H3. The maximum atomic E-state index is 12.6. The van der Waals surface area contributed by atoms with Crippen molar-refractivity contribution in [1.82, 2.24) is 14.7 Å². The van der Waals surface area contributed by atoms with Gasteiger partial charge in [-0.25, -0.2) is 0 Å². The van der Waals surface area contributed by atoms with Gasteiger partial charge in [-0.2, -0.15) is 0 Å². The lowest BCUT2D eigenvalue weighted by atomic mass is 10.2. The molecule has 1 aliphatic heterocycles. The third kappa shape index (κ3) is 6.86. The van der Waals surface area contributed by atoms with Crippen LogP contribution in [0.15, 0.2) is 24.3 Å². The molecule has 6 heteroatoms. The molecule has 2 amide bonds. The van der Waals surface area contributed by atoms with Crippen LogP contribution in [0.25, 0.3) is 0 Å². The first-order valence-corrected chi connectivity index (χ1v) is 9.86. The number of aryl methyl sites for hydroxylation is 1. The zero-order chi connectivity index (χ0) is 19.8. The highest BCUT2D eigenvalue weighted by Gasteiger charge is 2.22. The van der Waals surface area contributed by atoms with Gasteiger partial charge in [0.1, 0.15) is 0 Å². The van der Waals surface area contributed by atoms with Crippen LogP contribution in [0.5, 0.6) is 0 Å². The highest BCUT2D eigenvalue weighted by Crippen LogP contribution is 2.18. The Morgan fingerprint density at radius 2 is 1.74 bits per heavy atom. The summed E-state index contributed by atoms with van der Waals surface area (Å²) in [5.74, 6) is 0.198. The Morgan fingerprint density at radius 1 is 1.04 bits per heavy atom. The Balaban J connectivity index is 1.77. The van der Waals surface area contributed by atoms with E-state index in [2.05, 4.69) is 41.0 Å². The number of hydrogen-bond acceptors (Lipinski definition) is 4. The summed E-state index contributed by atoms with van der Waals surface area (Å²) < 4.78 is 0. The number of carbonyl (C=O) groups excluding carboxylic acids is 2. The molecule has 1 aromatic rings. The number of hydrogen-bond donors (Lipinski definition) is 0. The number of nitrogens with zero attached hydrogens (tertiary/aromatic N) is 4. The molecule has 1 aromatic carbocycles. The molecule has 0 unspecified atom stereocenters. The third-order valence-electron chi connectivity index (χ3n) is 5.07. The maximum absolute atomic E-state index is 12.6. The first-order chi connectivity index (χ1) is 12.9. The van der Waals surface area contributed by atoms with Crippen LogP contribution < -0.4 is 4.90 Å². The van der Waals surface area contributed by atoms with Crippen molar-refractivity contribution in [3.05, 3.63) is 29.8 Å². The molecule has 150 valence electrons. The van der Waals surface area contributed by atoms with Crippen molar-refractivity contribution >= 4 is 17.5 Å². The van der Waals surface area contributed by atoms with E-state index in [-0.39, 0.29) is 11.8 Å². The normalized spacial score (nSPS) is 14.6. The molecule has 1 fully saturated rings. The van der Waals surface area contributed by atoms with Crippen molar-refractivity contribution < 1.29 is 9.59 Å². The lowest BCUT2D eigenvalue weighted by molar-refractivity contribution is -0.133.